The van der Waals surface area contributed by atoms with Crippen LogP contribution in [0, 0.1) is 6.92 Å². The van der Waals surface area contributed by atoms with Crippen molar-refractivity contribution in [1.29, 1.82) is 0 Å². The number of anilines is 1. The number of carbonyl (C=O) groups excluding carboxylic acids is 1. The van der Waals surface area contributed by atoms with Crippen molar-refractivity contribution in [3.05, 3.63) is 17.7 Å². The predicted molar refractivity (Wildman–Crippen MR) is 79.6 cm³/mol. The number of hydrogen-bond donors (Lipinski definition) is 4. The number of carbonyl (C=O) groups is 2. The Balaban J connectivity index is 2.78. The van der Waals surface area contributed by atoms with Crippen molar-refractivity contribution in [2.75, 3.05) is 26.1 Å². The summed E-state index contributed by atoms with van der Waals surface area (Å²) in [6.45, 7) is 2.47. The lowest BCUT2D eigenvalue weighted by Crippen LogP contribution is -2.47. The van der Waals surface area contributed by atoms with E-state index in [1.165, 1.54) is 14.2 Å². The van der Waals surface area contributed by atoms with Crippen LogP contribution in [0.4, 0.5) is 10.5 Å². The van der Waals surface area contributed by atoms with Crippen LogP contribution in [0.2, 0.25) is 0 Å². The fraction of sp³-hybridized carbons (Fsp3) is 0.429. The van der Waals surface area contributed by atoms with Gasteiger partial charge in [0.2, 0.25) is 0 Å². The van der Waals surface area contributed by atoms with Crippen molar-refractivity contribution < 1.29 is 29.3 Å². The van der Waals surface area contributed by atoms with Gasteiger partial charge in [0, 0.05) is 23.4 Å². The molecule has 0 aliphatic heterocycles. The van der Waals surface area contributed by atoms with E-state index >= 15 is 0 Å². The second-order valence-corrected chi connectivity index (χ2v) is 4.89. The van der Waals surface area contributed by atoms with E-state index in [-0.39, 0.29) is 0 Å². The molecule has 1 rings (SSSR count). The molecule has 0 aromatic heterocycles. The number of benzene rings is 1. The van der Waals surface area contributed by atoms with Gasteiger partial charge in [-0.3, -0.25) is 0 Å². The SMILES string of the molecule is COc1cc(NC(=O)NCC(C)(O)C(=O)O)cc(OC)c1C. The zero-order valence-electron chi connectivity index (χ0n) is 12.9. The van der Waals surface area contributed by atoms with Gasteiger partial charge in [0.05, 0.1) is 20.8 Å². The smallest absolute Gasteiger partial charge is 0.337 e. The van der Waals surface area contributed by atoms with Gasteiger partial charge < -0.3 is 30.3 Å². The van der Waals surface area contributed by atoms with Gasteiger partial charge >= 0.3 is 12.0 Å². The fourth-order valence-electron chi connectivity index (χ4n) is 1.66. The van der Waals surface area contributed by atoms with E-state index in [0.717, 1.165) is 12.5 Å². The van der Waals surface area contributed by atoms with Gasteiger partial charge in [-0.15, -0.1) is 0 Å². The number of amides is 2. The summed E-state index contributed by atoms with van der Waals surface area (Å²) in [6, 6.07) is 2.55. The topological polar surface area (TPSA) is 117 Å². The van der Waals surface area contributed by atoms with Crippen LogP contribution < -0.4 is 20.1 Å². The summed E-state index contributed by atoms with van der Waals surface area (Å²) in [4.78, 5) is 22.5. The summed E-state index contributed by atoms with van der Waals surface area (Å²) >= 11 is 0. The minimum absolute atomic E-state index is 0.409. The number of aliphatic hydroxyl groups is 1. The van der Waals surface area contributed by atoms with Crippen LogP contribution in [0.15, 0.2) is 12.1 Å². The molecule has 0 spiro atoms. The second kappa shape index (κ2) is 6.99. The molecule has 8 heteroatoms. The molecule has 122 valence electrons. The van der Waals surface area contributed by atoms with Crippen molar-refractivity contribution in [3.63, 3.8) is 0 Å². The van der Waals surface area contributed by atoms with Crippen molar-refractivity contribution in [2.24, 2.45) is 0 Å². The maximum Gasteiger partial charge on any atom is 0.337 e. The van der Waals surface area contributed by atoms with Crippen molar-refractivity contribution in [2.45, 2.75) is 19.4 Å². The van der Waals surface area contributed by atoms with Crippen LogP contribution in [0.25, 0.3) is 0 Å². The number of carboxylic acids is 1. The first kappa shape index (κ1) is 17.6. The minimum atomic E-state index is -2.04. The number of methoxy groups -OCH3 is 2. The third kappa shape index (κ3) is 4.26. The van der Waals surface area contributed by atoms with Crippen molar-refractivity contribution in [1.82, 2.24) is 5.32 Å². The quantitative estimate of drug-likeness (QED) is 0.622. The molecule has 0 radical (unpaired) electrons. The highest BCUT2D eigenvalue weighted by Gasteiger charge is 2.30. The lowest BCUT2D eigenvalue weighted by molar-refractivity contribution is -0.155. The first-order valence-corrected chi connectivity index (χ1v) is 6.44. The molecule has 1 unspecified atom stereocenters. The average Bonchev–Trinajstić information content (AvgIpc) is 2.46. The molecule has 0 saturated heterocycles. The Hall–Kier alpha value is -2.48. The highest BCUT2D eigenvalue weighted by atomic mass is 16.5. The number of hydrogen-bond acceptors (Lipinski definition) is 5. The molecule has 4 N–H and O–H groups in total. The van der Waals surface area contributed by atoms with E-state index in [2.05, 4.69) is 10.6 Å². The maximum atomic E-state index is 11.8. The van der Waals surface area contributed by atoms with E-state index in [1.807, 2.05) is 6.92 Å². The highest BCUT2D eigenvalue weighted by molar-refractivity contribution is 5.90. The molecule has 1 aromatic rings. The molecule has 22 heavy (non-hydrogen) atoms. The standard InChI is InChI=1S/C14H20N2O6/c1-8-10(21-3)5-9(6-11(8)22-4)16-13(19)15-7-14(2,20)12(17)18/h5-6,20H,7H2,1-4H3,(H,17,18)(H2,15,16,19). The molecule has 0 aliphatic carbocycles. The summed E-state index contributed by atoms with van der Waals surface area (Å²) in [5.41, 5.74) is -0.850. The van der Waals surface area contributed by atoms with Crippen LogP contribution in [0.3, 0.4) is 0 Å². The van der Waals surface area contributed by atoms with E-state index in [0.29, 0.717) is 17.2 Å². The van der Waals surface area contributed by atoms with Gasteiger partial charge in [-0.1, -0.05) is 0 Å². The van der Waals surface area contributed by atoms with Crippen LogP contribution in [-0.2, 0) is 4.79 Å². The van der Waals surface area contributed by atoms with E-state index in [9.17, 15) is 14.7 Å². The van der Waals surface area contributed by atoms with E-state index in [4.69, 9.17) is 14.6 Å². The maximum absolute atomic E-state index is 11.8. The average molecular weight is 312 g/mol. The second-order valence-electron chi connectivity index (χ2n) is 4.89. The van der Waals surface area contributed by atoms with Gasteiger partial charge in [-0.25, -0.2) is 9.59 Å². The summed E-state index contributed by atoms with van der Waals surface area (Å²) in [6.07, 6.45) is 0. The Kier molecular flexibility index (Phi) is 5.58. The van der Waals surface area contributed by atoms with Gasteiger partial charge in [0.25, 0.3) is 0 Å². The van der Waals surface area contributed by atoms with Gasteiger partial charge in [-0.05, 0) is 13.8 Å². The van der Waals surface area contributed by atoms with Crippen LogP contribution in [-0.4, -0.2) is 48.6 Å². The third-order valence-electron chi connectivity index (χ3n) is 3.06. The number of urea groups is 1. The first-order chi connectivity index (χ1) is 10.2. The molecule has 1 atom stereocenters. The summed E-state index contributed by atoms with van der Waals surface area (Å²) < 4.78 is 10.4. The number of aliphatic carboxylic acids is 1. The Bertz CT molecular complexity index is 545. The lowest BCUT2D eigenvalue weighted by atomic mass is 10.1. The number of rotatable bonds is 6. The Morgan fingerprint density at radius 3 is 2.14 bits per heavy atom. The highest BCUT2D eigenvalue weighted by Crippen LogP contribution is 2.31. The zero-order chi connectivity index (χ0) is 16.9. The number of ether oxygens (including phenoxy) is 2. The van der Waals surface area contributed by atoms with Crippen molar-refractivity contribution >= 4 is 17.7 Å². The first-order valence-electron chi connectivity index (χ1n) is 6.44. The molecule has 0 bridgehead atoms. The molecule has 0 aliphatic rings. The zero-order valence-corrected chi connectivity index (χ0v) is 12.9. The normalized spacial score (nSPS) is 13.0. The molecule has 2 amide bonds. The Labute approximate surface area is 128 Å². The molecule has 0 fully saturated rings. The monoisotopic (exact) mass is 312 g/mol. The molecule has 1 aromatic carbocycles. The predicted octanol–water partition coefficient (Wildman–Crippen LogP) is 0.969. The summed E-state index contributed by atoms with van der Waals surface area (Å²) in [7, 11) is 2.99. The molecular weight excluding hydrogens is 292 g/mol. The van der Waals surface area contributed by atoms with Crippen LogP contribution in [0.5, 0.6) is 11.5 Å². The summed E-state index contributed by atoms with van der Waals surface area (Å²) in [5, 5.41) is 23.1. The molecule has 8 nitrogen and oxygen atoms in total. The van der Waals surface area contributed by atoms with Crippen LogP contribution >= 0.6 is 0 Å². The largest absolute Gasteiger partial charge is 0.496 e. The lowest BCUT2D eigenvalue weighted by Gasteiger charge is -2.19. The molecule has 0 heterocycles. The van der Waals surface area contributed by atoms with E-state index in [1.54, 1.807) is 12.1 Å². The Morgan fingerprint density at radius 1 is 1.23 bits per heavy atom. The number of carboxylic acid groups (broad SMARTS) is 1. The van der Waals surface area contributed by atoms with Gasteiger partial charge in [0.15, 0.2) is 5.60 Å². The van der Waals surface area contributed by atoms with Gasteiger partial charge in [0.1, 0.15) is 11.5 Å². The third-order valence-corrected chi connectivity index (χ3v) is 3.06. The number of nitrogens with one attached hydrogen (secondary N) is 2. The van der Waals surface area contributed by atoms with E-state index < -0.39 is 24.1 Å². The molecular formula is C14H20N2O6. The van der Waals surface area contributed by atoms with Gasteiger partial charge in [-0.2, -0.15) is 0 Å². The van der Waals surface area contributed by atoms with Crippen LogP contribution in [0.1, 0.15) is 12.5 Å². The Morgan fingerprint density at radius 2 is 1.73 bits per heavy atom. The fourth-order valence-corrected chi connectivity index (χ4v) is 1.66. The van der Waals surface area contributed by atoms with Crippen molar-refractivity contribution in [3.8, 4) is 11.5 Å². The minimum Gasteiger partial charge on any atom is -0.496 e. The molecule has 0 saturated carbocycles. The summed E-state index contributed by atoms with van der Waals surface area (Å²) in [5.74, 6) is -0.356.